The second kappa shape index (κ2) is 6.81. The minimum Gasteiger partial charge on any atom is -0.350 e. The number of hydrogen-bond acceptors (Lipinski definition) is 3. The average molecular weight is 292 g/mol. The molecule has 0 radical (unpaired) electrons. The largest absolute Gasteiger partial charge is 0.350 e. The van der Waals surface area contributed by atoms with E-state index in [1.807, 2.05) is 0 Å². The molecule has 0 unspecified atom stereocenters. The number of thiophene rings is 1. The Bertz CT molecular complexity index is 599. The molecular weight excluding hydrogens is 279 g/mol. The van der Waals surface area contributed by atoms with Crippen LogP contribution in [-0.4, -0.2) is 18.4 Å². The lowest BCUT2D eigenvalue weighted by Gasteiger charge is -2.07. The summed E-state index contributed by atoms with van der Waals surface area (Å²) in [5, 5.41) is 6.84. The Morgan fingerprint density at radius 3 is 2.60 bits per heavy atom. The van der Waals surface area contributed by atoms with Crippen molar-refractivity contribution in [3.63, 3.8) is 0 Å². The van der Waals surface area contributed by atoms with Crippen molar-refractivity contribution in [3.05, 3.63) is 58.0 Å². The van der Waals surface area contributed by atoms with Gasteiger partial charge in [-0.25, -0.2) is 4.39 Å². The Balaban J connectivity index is 1.76. The number of hydrogen-bond donors (Lipinski definition) is 2. The first-order valence-corrected chi connectivity index (χ1v) is 6.86. The van der Waals surface area contributed by atoms with Gasteiger partial charge in [-0.1, -0.05) is 24.3 Å². The molecule has 0 spiro atoms. The van der Waals surface area contributed by atoms with Gasteiger partial charge >= 0.3 is 0 Å². The molecule has 1 aromatic carbocycles. The summed E-state index contributed by atoms with van der Waals surface area (Å²) >= 11 is 1.30. The minimum absolute atomic E-state index is 0.0976. The number of benzene rings is 1. The molecule has 0 bridgehead atoms. The van der Waals surface area contributed by atoms with Gasteiger partial charge in [0.1, 0.15) is 5.82 Å². The zero-order valence-electron chi connectivity index (χ0n) is 10.6. The van der Waals surface area contributed by atoms with E-state index in [0.29, 0.717) is 10.4 Å². The highest BCUT2D eigenvalue weighted by Crippen LogP contribution is 2.07. The predicted octanol–water partition coefficient (Wildman–Crippen LogP) is 1.93. The molecule has 0 aliphatic heterocycles. The second-order valence-corrected chi connectivity index (χ2v) is 4.98. The summed E-state index contributed by atoms with van der Waals surface area (Å²) in [6.07, 6.45) is 0. The van der Waals surface area contributed by atoms with Gasteiger partial charge in [0.25, 0.3) is 5.91 Å². The van der Waals surface area contributed by atoms with Crippen LogP contribution in [0.5, 0.6) is 0 Å². The lowest BCUT2D eigenvalue weighted by Crippen LogP contribution is -2.36. The Morgan fingerprint density at radius 1 is 1.10 bits per heavy atom. The van der Waals surface area contributed by atoms with Crippen molar-refractivity contribution in [2.24, 2.45) is 0 Å². The average Bonchev–Trinajstić information content (AvgIpc) is 2.98. The van der Waals surface area contributed by atoms with Crippen molar-refractivity contribution < 1.29 is 14.0 Å². The Hall–Kier alpha value is -2.21. The van der Waals surface area contributed by atoms with Crippen LogP contribution >= 0.6 is 11.3 Å². The number of amides is 2. The lowest BCUT2D eigenvalue weighted by atomic mass is 10.2. The number of carbonyl (C=O) groups is 2. The molecule has 4 nitrogen and oxygen atoms in total. The van der Waals surface area contributed by atoms with E-state index < -0.39 is 0 Å². The standard InChI is InChI=1S/C14H13FN2O2S/c15-11-5-2-1-4-10(11)8-16-13(18)9-17-14(19)12-6-3-7-20-12/h1-7H,8-9H2,(H,16,18)(H,17,19). The van der Waals surface area contributed by atoms with Gasteiger partial charge in [-0.2, -0.15) is 0 Å². The van der Waals surface area contributed by atoms with E-state index >= 15 is 0 Å². The molecule has 1 aromatic heterocycles. The van der Waals surface area contributed by atoms with Crippen molar-refractivity contribution in [2.45, 2.75) is 6.54 Å². The Labute approximate surface area is 119 Å². The first kappa shape index (κ1) is 14.2. The third-order valence-corrected chi connectivity index (χ3v) is 3.46. The summed E-state index contributed by atoms with van der Waals surface area (Å²) in [5.41, 5.74) is 0.408. The fourth-order valence-electron chi connectivity index (χ4n) is 1.55. The third-order valence-electron chi connectivity index (χ3n) is 2.59. The summed E-state index contributed by atoms with van der Waals surface area (Å²) in [4.78, 5) is 23.7. The molecule has 104 valence electrons. The topological polar surface area (TPSA) is 58.2 Å². The lowest BCUT2D eigenvalue weighted by molar-refractivity contribution is -0.120. The van der Waals surface area contributed by atoms with Crippen LogP contribution in [0.2, 0.25) is 0 Å². The number of halogens is 1. The summed E-state index contributed by atoms with van der Waals surface area (Å²) in [6, 6.07) is 9.65. The van der Waals surface area contributed by atoms with Gasteiger partial charge < -0.3 is 10.6 Å². The fourth-order valence-corrected chi connectivity index (χ4v) is 2.19. The fraction of sp³-hybridized carbons (Fsp3) is 0.143. The highest BCUT2D eigenvalue weighted by Gasteiger charge is 2.09. The number of carbonyl (C=O) groups excluding carboxylic acids is 2. The molecule has 20 heavy (non-hydrogen) atoms. The van der Waals surface area contributed by atoms with Gasteiger partial charge in [-0.15, -0.1) is 11.3 Å². The first-order chi connectivity index (χ1) is 9.66. The smallest absolute Gasteiger partial charge is 0.261 e. The Kier molecular flexibility index (Phi) is 4.84. The van der Waals surface area contributed by atoms with E-state index in [2.05, 4.69) is 10.6 Å². The van der Waals surface area contributed by atoms with Crippen LogP contribution in [0, 0.1) is 5.82 Å². The van der Waals surface area contributed by atoms with E-state index in [4.69, 9.17) is 0 Å². The second-order valence-electron chi connectivity index (χ2n) is 4.03. The molecule has 0 atom stereocenters. The quantitative estimate of drug-likeness (QED) is 0.884. The summed E-state index contributed by atoms with van der Waals surface area (Å²) in [7, 11) is 0. The van der Waals surface area contributed by atoms with Gasteiger partial charge in [0.2, 0.25) is 5.91 Å². The maximum absolute atomic E-state index is 13.3. The highest BCUT2D eigenvalue weighted by molar-refractivity contribution is 7.12. The van der Waals surface area contributed by atoms with Crippen molar-refractivity contribution in [1.29, 1.82) is 0 Å². The van der Waals surface area contributed by atoms with Crippen LogP contribution in [-0.2, 0) is 11.3 Å². The molecule has 0 fully saturated rings. The van der Waals surface area contributed by atoms with Crippen LogP contribution in [0.15, 0.2) is 41.8 Å². The van der Waals surface area contributed by atoms with E-state index in [1.54, 1.807) is 35.7 Å². The van der Waals surface area contributed by atoms with E-state index in [0.717, 1.165) is 0 Å². The molecule has 2 rings (SSSR count). The van der Waals surface area contributed by atoms with E-state index in [1.165, 1.54) is 17.4 Å². The summed E-state index contributed by atoms with van der Waals surface area (Å²) in [5.74, 6) is -1.02. The molecule has 0 saturated heterocycles. The maximum Gasteiger partial charge on any atom is 0.261 e. The highest BCUT2D eigenvalue weighted by atomic mass is 32.1. The Morgan fingerprint density at radius 2 is 1.90 bits per heavy atom. The molecule has 1 heterocycles. The molecule has 6 heteroatoms. The van der Waals surface area contributed by atoms with Crippen LogP contribution in [0.3, 0.4) is 0 Å². The third kappa shape index (κ3) is 3.89. The molecule has 2 aromatic rings. The summed E-state index contributed by atoms with van der Waals surface area (Å²) < 4.78 is 13.3. The maximum atomic E-state index is 13.3. The molecule has 2 amide bonds. The SMILES string of the molecule is O=C(CNC(=O)c1cccs1)NCc1ccccc1F. The van der Waals surface area contributed by atoms with Crippen molar-refractivity contribution in [3.8, 4) is 0 Å². The molecular formula is C14H13FN2O2S. The normalized spacial score (nSPS) is 10.1. The zero-order chi connectivity index (χ0) is 14.4. The van der Waals surface area contributed by atoms with Crippen LogP contribution in [0.4, 0.5) is 4.39 Å². The van der Waals surface area contributed by atoms with Crippen LogP contribution in [0.25, 0.3) is 0 Å². The minimum atomic E-state index is -0.365. The first-order valence-electron chi connectivity index (χ1n) is 5.98. The van der Waals surface area contributed by atoms with E-state index in [-0.39, 0.29) is 30.7 Å². The van der Waals surface area contributed by atoms with E-state index in [9.17, 15) is 14.0 Å². The van der Waals surface area contributed by atoms with Gasteiger partial charge in [-0.05, 0) is 17.5 Å². The van der Waals surface area contributed by atoms with Crippen LogP contribution in [0.1, 0.15) is 15.2 Å². The monoisotopic (exact) mass is 292 g/mol. The van der Waals surface area contributed by atoms with Crippen LogP contribution < -0.4 is 10.6 Å². The van der Waals surface area contributed by atoms with Gasteiger partial charge in [0, 0.05) is 12.1 Å². The van der Waals surface area contributed by atoms with Crippen molar-refractivity contribution >= 4 is 23.2 Å². The molecule has 0 aliphatic rings. The number of nitrogens with one attached hydrogen (secondary N) is 2. The molecule has 0 aliphatic carbocycles. The van der Waals surface area contributed by atoms with Crippen molar-refractivity contribution in [2.75, 3.05) is 6.54 Å². The molecule has 0 saturated carbocycles. The predicted molar refractivity (Wildman–Crippen MR) is 74.9 cm³/mol. The molecule has 2 N–H and O–H groups in total. The zero-order valence-corrected chi connectivity index (χ0v) is 11.4. The van der Waals surface area contributed by atoms with Gasteiger partial charge in [0.05, 0.1) is 11.4 Å². The van der Waals surface area contributed by atoms with Gasteiger partial charge in [-0.3, -0.25) is 9.59 Å². The van der Waals surface area contributed by atoms with Gasteiger partial charge in [0.15, 0.2) is 0 Å². The number of rotatable bonds is 5. The summed E-state index contributed by atoms with van der Waals surface area (Å²) in [6.45, 7) is -0.0361. The van der Waals surface area contributed by atoms with Crippen molar-refractivity contribution in [1.82, 2.24) is 10.6 Å².